The zero-order valence-corrected chi connectivity index (χ0v) is 11.2. The minimum atomic E-state index is -4.81. The highest BCUT2D eigenvalue weighted by Crippen LogP contribution is 2.25. The van der Waals surface area contributed by atoms with Crippen LogP contribution in [0.5, 0.6) is 0 Å². The van der Waals surface area contributed by atoms with Crippen molar-refractivity contribution in [1.29, 1.82) is 0 Å². The molecule has 0 spiro atoms. The van der Waals surface area contributed by atoms with E-state index < -0.39 is 23.0 Å². The van der Waals surface area contributed by atoms with E-state index in [1.807, 2.05) is 0 Å². The lowest BCUT2D eigenvalue weighted by molar-refractivity contribution is -0.139. The van der Waals surface area contributed by atoms with Gasteiger partial charge in [-0.2, -0.15) is 13.2 Å². The van der Waals surface area contributed by atoms with E-state index in [0.29, 0.717) is 21.3 Å². The van der Waals surface area contributed by atoms with Crippen molar-refractivity contribution in [2.24, 2.45) is 7.05 Å². The first-order chi connectivity index (χ1) is 9.21. The number of alkyl halides is 3. The molecule has 0 aliphatic heterocycles. The molecular weight excluding hydrogens is 297 g/mol. The lowest BCUT2D eigenvalue weighted by Crippen LogP contribution is -2.42. The van der Waals surface area contributed by atoms with Crippen molar-refractivity contribution in [3.05, 3.63) is 43.2 Å². The fourth-order valence-corrected chi connectivity index (χ4v) is 2.22. The van der Waals surface area contributed by atoms with Gasteiger partial charge in [-0.3, -0.25) is 9.36 Å². The minimum Gasteiger partial charge on any atom is -0.303 e. The fourth-order valence-electron chi connectivity index (χ4n) is 1.60. The quantitative estimate of drug-likeness (QED) is 0.822. The molecule has 6 nitrogen and oxygen atoms in total. The Balaban J connectivity index is 2.64. The Bertz CT molecular complexity index is 759. The lowest BCUT2D eigenvalue weighted by atomic mass is 10.3. The zero-order chi connectivity index (χ0) is 15.1. The van der Waals surface area contributed by atoms with Crippen molar-refractivity contribution in [2.45, 2.75) is 19.6 Å². The van der Waals surface area contributed by atoms with Gasteiger partial charge in [0.15, 0.2) is 0 Å². The predicted octanol–water partition coefficient (Wildman–Crippen LogP) is 0.774. The van der Waals surface area contributed by atoms with E-state index in [-0.39, 0.29) is 6.54 Å². The molecule has 2 heterocycles. The Kier molecular flexibility index (Phi) is 3.50. The lowest BCUT2D eigenvalue weighted by Gasteiger charge is -2.11. The molecule has 0 aromatic carbocycles. The summed E-state index contributed by atoms with van der Waals surface area (Å²) in [6, 6.07) is 0. The molecule has 108 valence electrons. The van der Waals surface area contributed by atoms with E-state index in [2.05, 4.69) is 9.59 Å². The van der Waals surface area contributed by atoms with E-state index in [4.69, 9.17) is 0 Å². The van der Waals surface area contributed by atoms with Crippen molar-refractivity contribution < 1.29 is 13.2 Å². The monoisotopic (exact) mass is 306 g/mol. The van der Waals surface area contributed by atoms with Gasteiger partial charge in [0.1, 0.15) is 5.56 Å². The molecule has 0 amide bonds. The molecule has 2 aromatic rings. The standard InChI is InChI=1S/C10H9F3N4O2S/c1-5-7(20-15-14-5)4-17-8(18)6(10(11,12)13)3-16(2)9(17)19/h3H,4H2,1-2H3. The molecular formula is C10H9F3N4O2S. The van der Waals surface area contributed by atoms with Crippen LogP contribution in [0.1, 0.15) is 16.1 Å². The predicted molar refractivity (Wildman–Crippen MR) is 64.7 cm³/mol. The molecule has 0 bridgehead atoms. The third-order valence-corrected chi connectivity index (χ3v) is 3.49. The number of nitrogens with zero attached hydrogens (tertiary/aromatic N) is 4. The van der Waals surface area contributed by atoms with E-state index >= 15 is 0 Å². The van der Waals surface area contributed by atoms with Gasteiger partial charge in [-0.1, -0.05) is 4.49 Å². The number of rotatable bonds is 2. The fraction of sp³-hybridized carbons (Fsp3) is 0.400. The maximum absolute atomic E-state index is 12.7. The first-order valence-corrected chi connectivity index (χ1v) is 6.14. The average molecular weight is 306 g/mol. The molecule has 0 aliphatic rings. The number of hydrogen-bond acceptors (Lipinski definition) is 5. The SMILES string of the molecule is Cc1nnsc1Cn1c(=O)c(C(F)(F)F)cn(C)c1=O. The van der Waals surface area contributed by atoms with Gasteiger partial charge in [0.05, 0.1) is 17.1 Å². The molecule has 0 unspecified atom stereocenters. The van der Waals surface area contributed by atoms with E-state index in [9.17, 15) is 22.8 Å². The van der Waals surface area contributed by atoms with Crippen molar-refractivity contribution >= 4 is 11.5 Å². The van der Waals surface area contributed by atoms with Crippen LogP contribution < -0.4 is 11.2 Å². The highest BCUT2D eigenvalue weighted by molar-refractivity contribution is 7.05. The van der Waals surface area contributed by atoms with Crippen LogP contribution in [-0.2, 0) is 19.8 Å². The van der Waals surface area contributed by atoms with E-state index in [1.54, 1.807) is 6.92 Å². The Morgan fingerprint density at radius 1 is 1.35 bits per heavy atom. The second-order valence-corrected chi connectivity index (χ2v) is 4.95. The Labute approximate surface area is 114 Å². The normalized spacial score (nSPS) is 11.8. The molecule has 0 radical (unpaired) electrons. The number of aryl methyl sites for hydroxylation is 2. The summed E-state index contributed by atoms with van der Waals surface area (Å²) in [5.74, 6) is 0. The second kappa shape index (κ2) is 4.85. The van der Waals surface area contributed by atoms with Gasteiger partial charge in [-0.05, 0) is 18.5 Å². The smallest absolute Gasteiger partial charge is 0.303 e. The Morgan fingerprint density at radius 3 is 2.50 bits per heavy atom. The van der Waals surface area contributed by atoms with Gasteiger partial charge in [-0.25, -0.2) is 4.79 Å². The van der Waals surface area contributed by atoms with Gasteiger partial charge < -0.3 is 4.57 Å². The summed E-state index contributed by atoms with van der Waals surface area (Å²) in [6.07, 6.45) is -4.32. The third kappa shape index (κ3) is 2.50. The van der Waals surface area contributed by atoms with Crippen molar-refractivity contribution in [3.63, 3.8) is 0 Å². The van der Waals surface area contributed by atoms with Gasteiger partial charge in [0.25, 0.3) is 5.56 Å². The van der Waals surface area contributed by atoms with Crippen LogP contribution in [0, 0.1) is 6.92 Å². The maximum Gasteiger partial charge on any atom is 0.423 e. The van der Waals surface area contributed by atoms with Crippen LogP contribution in [0.2, 0.25) is 0 Å². The van der Waals surface area contributed by atoms with Gasteiger partial charge in [0.2, 0.25) is 0 Å². The summed E-state index contributed by atoms with van der Waals surface area (Å²) < 4.78 is 43.1. The van der Waals surface area contributed by atoms with Crippen molar-refractivity contribution in [3.8, 4) is 0 Å². The third-order valence-electron chi connectivity index (χ3n) is 2.68. The molecule has 0 aliphatic carbocycles. The minimum absolute atomic E-state index is 0.279. The zero-order valence-electron chi connectivity index (χ0n) is 10.4. The molecule has 0 atom stereocenters. The van der Waals surface area contributed by atoms with Gasteiger partial charge in [-0.15, -0.1) is 5.10 Å². The van der Waals surface area contributed by atoms with Crippen LogP contribution in [0.4, 0.5) is 13.2 Å². The summed E-state index contributed by atoms with van der Waals surface area (Å²) in [5.41, 5.74) is -3.10. The molecule has 0 saturated heterocycles. The Morgan fingerprint density at radius 2 is 2.00 bits per heavy atom. The largest absolute Gasteiger partial charge is 0.423 e. The van der Waals surface area contributed by atoms with E-state index in [0.717, 1.165) is 23.1 Å². The first-order valence-electron chi connectivity index (χ1n) is 5.37. The van der Waals surface area contributed by atoms with Crippen LogP contribution in [-0.4, -0.2) is 18.7 Å². The van der Waals surface area contributed by atoms with Crippen LogP contribution in [0.15, 0.2) is 15.8 Å². The van der Waals surface area contributed by atoms with Crippen LogP contribution in [0.3, 0.4) is 0 Å². The molecule has 10 heteroatoms. The summed E-state index contributed by atoms with van der Waals surface area (Å²) in [5, 5.41) is 3.69. The highest BCUT2D eigenvalue weighted by Gasteiger charge is 2.35. The van der Waals surface area contributed by atoms with Crippen molar-refractivity contribution in [2.75, 3.05) is 0 Å². The van der Waals surface area contributed by atoms with Gasteiger partial charge >= 0.3 is 11.9 Å². The molecule has 20 heavy (non-hydrogen) atoms. The topological polar surface area (TPSA) is 69.8 Å². The van der Waals surface area contributed by atoms with Gasteiger partial charge in [0, 0.05) is 13.2 Å². The summed E-state index contributed by atoms with van der Waals surface area (Å²) in [4.78, 5) is 24.1. The number of halogens is 3. The van der Waals surface area contributed by atoms with E-state index in [1.165, 1.54) is 0 Å². The molecule has 2 rings (SSSR count). The molecule has 0 N–H and O–H groups in total. The average Bonchev–Trinajstić information content (AvgIpc) is 2.73. The first kappa shape index (κ1) is 14.4. The maximum atomic E-state index is 12.7. The van der Waals surface area contributed by atoms with Crippen LogP contribution in [0.25, 0.3) is 0 Å². The molecule has 0 fully saturated rings. The highest BCUT2D eigenvalue weighted by atomic mass is 32.1. The number of aromatic nitrogens is 4. The number of hydrogen-bond donors (Lipinski definition) is 0. The summed E-state index contributed by atoms with van der Waals surface area (Å²) >= 11 is 0.931. The summed E-state index contributed by atoms with van der Waals surface area (Å²) in [6.45, 7) is 1.32. The molecule has 0 saturated carbocycles. The second-order valence-electron chi connectivity index (χ2n) is 4.11. The van der Waals surface area contributed by atoms with Crippen molar-refractivity contribution in [1.82, 2.24) is 18.7 Å². The summed E-state index contributed by atoms with van der Waals surface area (Å²) in [7, 11) is 1.16. The molecule has 2 aromatic heterocycles. The van der Waals surface area contributed by atoms with Crippen LogP contribution >= 0.6 is 11.5 Å². The Hall–Kier alpha value is -1.97.